The molecule has 1 heterocycles. The van der Waals surface area contributed by atoms with Gasteiger partial charge in [0.15, 0.2) is 0 Å². The number of rotatable bonds is 3. The van der Waals surface area contributed by atoms with Gasteiger partial charge in [0, 0.05) is 35.4 Å². The van der Waals surface area contributed by atoms with Crippen LogP contribution in [0.5, 0.6) is 0 Å². The summed E-state index contributed by atoms with van der Waals surface area (Å²) in [5.41, 5.74) is 0.316. The van der Waals surface area contributed by atoms with Crippen molar-refractivity contribution in [2.45, 2.75) is 11.5 Å². The first-order valence-electron chi connectivity index (χ1n) is 5.69. The van der Waals surface area contributed by atoms with Gasteiger partial charge in [0.25, 0.3) is 0 Å². The van der Waals surface area contributed by atoms with Crippen molar-refractivity contribution in [3.05, 3.63) is 29.6 Å². The van der Waals surface area contributed by atoms with Crippen LogP contribution in [0.15, 0.2) is 23.1 Å². The average Bonchev–Trinajstić information content (AvgIpc) is 2.38. The summed E-state index contributed by atoms with van der Waals surface area (Å²) in [5.74, 6) is -0.330. The van der Waals surface area contributed by atoms with E-state index in [1.807, 2.05) is 0 Å². The van der Waals surface area contributed by atoms with Gasteiger partial charge in [0.2, 0.25) is 10.0 Å². The minimum atomic E-state index is -3.90. The van der Waals surface area contributed by atoms with Crippen molar-refractivity contribution in [2.24, 2.45) is 0 Å². The summed E-state index contributed by atoms with van der Waals surface area (Å²) in [6.45, 7) is -0.0772. The minimum absolute atomic E-state index is 0.135. The lowest BCUT2D eigenvalue weighted by molar-refractivity contribution is 0.281. The lowest BCUT2D eigenvalue weighted by atomic mass is 10.2. The largest absolute Gasteiger partial charge is 0.392 e. The number of benzene rings is 1. The van der Waals surface area contributed by atoms with Crippen LogP contribution in [0.4, 0.5) is 4.39 Å². The molecule has 0 radical (unpaired) electrons. The van der Waals surface area contributed by atoms with Crippen molar-refractivity contribution in [3.63, 3.8) is 0 Å². The highest BCUT2D eigenvalue weighted by Crippen LogP contribution is 2.21. The maximum absolute atomic E-state index is 13.8. The van der Waals surface area contributed by atoms with Gasteiger partial charge in [-0.1, -0.05) is 6.07 Å². The number of aliphatic hydroxyl groups is 1. The third-order valence-corrected chi connectivity index (χ3v) is 6.14. The molecule has 0 aromatic heterocycles. The SMILES string of the molecule is O=S1CCN(S(=O)(=O)c2ccc(CO)cc2F)CC1. The molecule has 1 saturated heterocycles. The number of halogens is 1. The summed E-state index contributed by atoms with van der Waals surface area (Å²) in [6.07, 6.45) is 0. The van der Waals surface area contributed by atoms with E-state index in [1.54, 1.807) is 0 Å². The van der Waals surface area contributed by atoms with E-state index in [2.05, 4.69) is 0 Å². The van der Waals surface area contributed by atoms with Crippen LogP contribution >= 0.6 is 0 Å². The predicted molar refractivity (Wildman–Crippen MR) is 69.0 cm³/mol. The van der Waals surface area contributed by atoms with Crippen LogP contribution in [0.25, 0.3) is 0 Å². The van der Waals surface area contributed by atoms with E-state index in [-0.39, 0.29) is 31.2 Å². The molecule has 106 valence electrons. The first-order chi connectivity index (χ1) is 8.95. The highest BCUT2D eigenvalue weighted by molar-refractivity contribution is 7.89. The molecule has 1 aliphatic rings. The van der Waals surface area contributed by atoms with Gasteiger partial charge in [-0.05, 0) is 17.7 Å². The maximum Gasteiger partial charge on any atom is 0.246 e. The van der Waals surface area contributed by atoms with E-state index in [0.29, 0.717) is 5.56 Å². The standard InChI is InChI=1S/C11H14FNO4S2/c12-10-7-9(8-14)1-2-11(10)19(16,17)13-3-5-18(15)6-4-13/h1-2,7,14H,3-6,8H2. The molecule has 0 spiro atoms. The Morgan fingerprint density at radius 3 is 2.47 bits per heavy atom. The molecule has 1 aromatic carbocycles. The summed E-state index contributed by atoms with van der Waals surface area (Å²) < 4.78 is 50.6. The van der Waals surface area contributed by atoms with Crippen molar-refractivity contribution in [2.75, 3.05) is 24.6 Å². The number of hydrogen-bond donors (Lipinski definition) is 1. The fraction of sp³-hybridized carbons (Fsp3) is 0.455. The van der Waals surface area contributed by atoms with Crippen molar-refractivity contribution >= 4 is 20.8 Å². The molecule has 2 rings (SSSR count). The van der Waals surface area contributed by atoms with Crippen LogP contribution in [-0.2, 0) is 27.4 Å². The average molecular weight is 307 g/mol. The Morgan fingerprint density at radius 1 is 1.32 bits per heavy atom. The third kappa shape index (κ3) is 3.02. The zero-order chi connectivity index (χ0) is 14.0. The predicted octanol–water partition coefficient (Wildman–Crippen LogP) is 0.0710. The van der Waals surface area contributed by atoms with Gasteiger partial charge in [-0.3, -0.25) is 4.21 Å². The maximum atomic E-state index is 13.8. The summed E-state index contributed by atoms with van der Waals surface area (Å²) in [7, 11) is -4.89. The Hall–Kier alpha value is -0.830. The zero-order valence-electron chi connectivity index (χ0n) is 10.1. The molecule has 1 aromatic rings. The molecule has 0 atom stereocenters. The summed E-state index contributed by atoms with van der Waals surface area (Å²) in [5, 5.41) is 8.87. The van der Waals surface area contributed by atoms with Crippen LogP contribution in [0, 0.1) is 5.82 Å². The fourth-order valence-corrected chi connectivity index (χ4v) is 4.62. The molecular formula is C11H14FNO4S2. The molecule has 0 aliphatic carbocycles. The van der Waals surface area contributed by atoms with E-state index >= 15 is 0 Å². The second-order valence-electron chi connectivity index (χ2n) is 4.18. The molecule has 1 aliphatic heterocycles. The minimum Gasteiger partial charge on any atom is -0.392 e. The summed E-state index contributed by atoms with van der Waals surface area (Å²) >= 11 is 0. The molecule has 0 unspecified atom stereocenters. The molecule has 19 heavy (non-hydrogen) atoms. The van der Waals surface area contributed by atoms with E-state index in [9.17, 15) is 17.0 Å². The molecule has 0 amide bonds. The third-order valence-electron chi connectivity index (χ3n) is 2.93. The van der Waals surface area contributed by atoms with Gasteiger partial charge >= 0.3 is 0 Å². The molecule has 0 bridgehead atoms. The zero-order valence-corrected chi connectivity index (χ0v) is 11.7. The topological polar surface area (TPSA) is 74.7 Å². The molecular weight excluding hydrogens is 293 g/mol. The molecule has 5 nitrogen and oxygen atoms in total. The van der Waals surface area contributed by atoms with E-state index in [0.717, 1.165) is 16.4 Å². The van der Waals surface area contributed by atoms with Crippen LogP contribution < -0.4 is 0 Å². The van der Waals surface area contributed by atoms with Gasteiger partial charge in [-0.25, -0.2) is 12.8 Å². The van der Waals surface area contributed by atoms with Crippen LogP contribution in [-0.4, -0.2) is 46.6 Å². The Kier molecular flexibility index (Phi) is 4.34. The summed E-state index contributed by atoms with van der Waals surface area (Å²) in [4.78, 5) is -0.405. The van der Waals surface area contributed by atoms with Crippen LogP contribution in [0.2, 0.25) is 0 Å². The first kappa shape index (κ1) is 14.6. The van der Waals surface area contributed by atoms with Gasteiger partial charge in [-0.2, -0.15) is 4.31 Å². The fourth-order valence-electron chi connectivity index (χ4n) is 1.85. The Morgan fingerprint density at radius 2 is 1.95 bits per heavy atom. The van der Waals surface area contributed by atoms with Crippen molar-refractivity contribution in [3.8, 4) is 0 Å². The Labute approximate surface area is 113 Å². The number of hydrogen-bond acceptors (Lipinski definition) is 4. The highest BCUT2D eigenvalue weighted by Gasteiger charge is 2.30. The van der Waals surface area contributed by atoms with E-state index < -0.39 is 31.5 Å². The quantitative estimate of drug-likeness (QED) is 0.857. The lowest BCUT2D eigenvalue weighted by Crippen LogP contribution is -2.41. The number of sulfonamides is 1. The van der Waals surface area contributed by atoms with Crippen molar-refractivity contribution < 1.29 is 22.1 Å². The molecule has 1 fully saturated rings. The molecule has 1 N–H and O–H groups in total. The van der Waals surface area contributed by atoms with Gasteiger partial charge < -0.3 is 5.11 Å². The van der Waals surface area contributed by atoms with Gasteiger partial charge in [-0.15, -0.1) is 0 Å². The monoisotopic (exact) mass is 307 g/mol. The highest BCUT2D eigenvalue weighted by atomic mass is 32.2. The first-order valence-corrected chi connectivity index (χ1v) is 8.62. The van der Waals surface area contributed by atoms with Gasteiger partial charge in [0.1, 0.15) is 10.7 Å². The number of nitrogens with zero attached hydrogens (tertiary/aromatic N) is 1. The van der Waals surface area contributed by atoms with E-state index in [1.165, 1.54) is 6.07 Å². The van der Waals surface area contributed by atoms with E-state index in [4.69, 9.17) is 5.11 Å². The summed E-state index contributed by atoms with van der Waals surface area (Å²) in [6, 6.07) is 3.54. The normalized spacial score (nSPS) is 18.6. The van der Waals surface area contributed by atoms with Crippen LogP contribution in [0.1, 0.15) is 5.56 Å². The second kappa shape index (κ2) is 5.66. The Balaban J connectivity index is 2.31. The van der Waals surface area contributed by atoms with Gasteiger partial charge in [0.05, 0.1) is 6.61 Å². The van der Waals surface area contributed by atoms with Crippen molar-refractivity contribution in [1.29, 1.82) is 0 Å². The van der Waals surface area contributed by atoms with Crippen LogP contribution in [0.3, 0.4) is 0 Å². The second-order valence-corrected chi connectivity index (χ2v) is 7.78. The Bertz CT molecular complexity index is 593. The molecule has 8 heteroatoms. The number of aliphatic hydroxyl groups excluding tert-OH is 1. The smallest absolute Gasteiger partial charge is 0.246 e. The lowest BCUT2D eigenvalue weighted by Gasteiger charge is -2.25. The molecule has 0 saturated carbocycles. The van der Waals surface area contributed by atoms with Crippen molar-refractivity contribution in [1.82, 2.24) is 4.31 Å².